The molecule has 0 saturated carbocycles. The van der Waals surface area contributed by atoms with Gasteiger partial charge in [-0.05, 0) is 5.92 Å². The van der Waals surface area contributed by atoms with E-state index in [1.54, 1.807) is 6.92 Å². The first-order valence-electron chi connectivity index (χ1n) is 3.20. The lowest BCUT2D eigenvalue weighted by atomic mass is 10.1. The van der Waals surface area contributed by atoms with Crippen LogP contribution in [0.2, 0.25) is 0 Å². The van der Waals surface area contributed by atoms with E-state index in [1.165, 1.54) is 0 Å². The molecule has 0 amide bonds. The molecule has 6 heavy (non-hydrogen) atoms. The second-order valence-electron chi connectivity index (χ2n) is 1.44. The van der Waals surface area contributed by atoms with Crippen LogP contribution in [0.25, 0.3) is 0 Å². The zero-order chi connectivity index (χ0) is 6.78. The second-order valence-corrected chi connectivity index (χ2v) is 1.44. The van der Waals surface area contributed by atoms with Crippen LogP contribution in [0.1, 0.15) is 23.0 Å². The molecular formula is C5H12O. The highest BCUT2D eigenvalue weighted by Crippen LogP contribution is 1.95. The Balaban J connectivity index is 3.62. The van der Waals surface area contributed by atoms with Gasteiger partial charge in [0.15, 0.2) is 0 Å². The molecule has 0 saturated heterocycles. The molecule has 0 fully saturated rings. The summed E-state index contributed by atoms with van der Waals surface area (Å²) in [6.07, 6.45) is 0.670. The third kappa shape index (κ3) is 2.21. The minimum absolute atomic E-state index is 0.262. The number of hydrogen-bond donors (Lipinski definition) is 1. The van der Waals surface area contributed by atoms with Gasteiger partial charge in [0, 0.05) is 6.56 Å². The van der Waals surface area contributed by atoms with Gasteiger partial charge in [-0.3, -0.25) is 0 Å². The fourth-order valence-electron chi connectivity index (χ4n) is 0.0913. The average molecular weight is 90.2 g/mol. The Hall–Kier alpha value is -0.0400. The fraction of sp³-hybridized carbons (Fsp3) is 1.00. The van der Waals surface area contributed by atoms with Gasteiger partial charge in [-0.2, -0.15) is 0 Å². The first kappa shape index (κ1) is 3.03. The molecule has 0 aromatic heterocycles. The minimum Gasteiger partial charge on any atom is -0.396 e. The highest BCUT2D eigenvalue weighted by molar-refractivity contribution is 4.41. The van der Waals surface area contributed by atoms with Gasteiger partial charge in [-0.25, -0.2) is 0 Å². The molecule has 0 aliphatic carbocycles. The van der Waals surface area contributed by atoms with Crippen molar-refractivity contribution in [1.29, 1.82) is 0 Å². The van der Waals surface area contributed by atoms with Crippen LogP contribution >= 0.6 is 0 Å². The first-order chi connectivity index (χ1) is 3.48. The smallest absolute Gasteiger partial charge is 0.0566 e. The molecule has 1 heteroatoms. The van der Waals surface area contributed by atoms with Crippen LogP contribution in [-0.4, -0.2) is 11.7 Å². The quantitative estimate of drug-likeness (QED) is 0.537. The van der Waals surface area contributed by atoms with Crippen molar-refractivity contribution in [3.8, 4) is 0 Å². The Morgan fingerprint density at radius 1 is 2.00 bits per heavy atom. The van der Waals surface area contributed by atoms with Crippen LogP contribution < -0.4 is 0 Å². The average Bonchev–Trinajstić information content (AvgIpc) is 1.62. The Bertz CT molecular complexity index is 67.3. The number of hydrogen-bond acceptors (Lipinski definition) is 1. The molecule has 1 N–H and O–H groups in total. The standard InChI is InChI=1S/C5H12O/c1-3-5(2)4-6/h5-6H,3-4H2,1-2H3/t5-/m0/s1/i4D2. The van der Waals surface area contributed by atoms with Crippen LogP contribution in [0, 0.1) is 5.92 Å². The molecule has 0 rings (SSSR count). The summed E-state index contributed by atoms with van der Waals surface area (Å²) in [4.78, 5) is 0. The van der Waals surface area contributed by atoms with Crippen molar-refractivity contribution >= 4 is 0 Å². The number of aliphatic hydroxyl groups is 1. The van der Waals surface area contributed by atoms with Gasteiger partial charge in [0.25, 0.3) is 0 Å². The molecule has 1 nitrogen and oxygen atoms in total. The van der Waals surface area contributed by atoms with E-state index in [2.05, 4.69) is 0 Å². The lowest BCUT2D eigenvalue weighted by molar-refractivity contribution is 0.234. The molecular weight excluding hydrogens is 76.1 g/mol. The predicted molar refractivity (Wildman–Crippen MR) is 26.5 cm³/mol. The molecule has 0 radical (unpaired) electrons. The predicted octanol–water partition coefficient (Wildman–Crippen LogP) is 1.02. The Labute approximate surface area is 41.8 Å². The van der Waals surface area contributed by atoms with Crippen molar-refractivity contribution in [1.82, 2.24) is 0 Å². The zero-order valence-electron chi connectivity index (χ0n) is 6.23. The molecule has 38 valence electrons. The van der Waals surface area contributed by atoms with Crippen molar-refractivity contribution in [2.24, 2.45) is 5.92 Å². The molecule has 0 bridgehead atoms. The largest absolute Gasteiger partial charge is 0.396 e. The minimum atomic E-state index is -1.99. The molecule has 0 aromatic rings. The maximum absolute atomic E-state index is 8.62. The monoisotopic (exact) mass is 90.1 g/mol. The molecule has 0 spiro atoms. The normalized spacial score (nSPS) is 21.8. The Kier molecular flexibility index (Phi) is 1.59. The van der Waals surface area contributed by atoms with E-state index in [-0.39, 0.29) is 5.92 Å². The van der Waals surface area contributed by atoms with Crippen LogP contribution in [0.15, 0.2) is 0 Å². The van der Waals surface area contributed by atoms with Crippen molar-refractivity contribution in [2.45, 2.75) is 20.3 Å². The lowest BCUT2D eigenvalue weighted by Gasteiger charge is -1.98. The van der Waals surface area contributed by atoms with Gasteiger partial charge >= 0.3 is 0 Å². The summed E-state index contributed by atoms with van der Waals surface area (Å²) < 4.78 is 13.5. The van der Waals surface area contributed by atoms with E-state index < -0.39 is 6.56 Å². The van der Waals surface area contributed by atoms with Gasteiger partial charge in [-0.1, -0.05) is 20.3 Å². The molecule has 1 atom stereocenters. The fourth-order valence-corrected chi connectivity index (χ4v) is 0.0913. The summed E-state index contributed by atoms with van der Waals surface area (Å²) in [5.41, 5.74) is 0. The van der Waals surface area contributed by atoms with Crippen molar-refractivity contribution in [3.05, 3.63) is 0 Å². The van der Waals surface area contributed by atoms with Gasteiger partial charge < -0.3 is 5.11 Å². The summed E-state index contributed by atoms with van der Waals surface area (Å²) in [6, 6.07) is 0. The summed E-state index contributed by atoms with van der Waals surface area (Å²) in [6.45, 7) is 1.54. The summed E-state index contributed by atoms with van der Waals surface area (Å²) in [5, 5.41) is 8.62. The van der Waals surface area contributed by atoms with Crippen LogP contribution in [0.4, 0.5) is 0 Å². The van der Waals surface area contributed by atoms with Crippen LogP contribution in [0.3, 0.4) is 0 Å². The van der Waals surface area contributed by atoms with E-state index in [9.17, 15) is 0 Å². The molecule has 0 aromatic carbocycles. The Morgan fingerprint density at radius 2 is 2.50 bits per heavy atom. The Morgan fingerprint density at radius 3 is 2.50 bits per heavy atom. The second kappa shape index (κ2) is 3.16. The summed E-state index contributed by atoms with van der Waals surface area (Å²) in [7, 11) is 0. The highest BCUT2D eigenvalue weighted by atomic mass is 16.3. The third-order valence-corrected chi connectivity index (χ3v) is 0.833. The SMILES string of the molecule is [2H]C([2H])(O)[C@@H](C)CC. The summed E-state index contributed by atoms with van der Waals surface area (Å²) >= 11 is 0. The van der Waals surface area contributed by atoms with Gasteiger partial charge in [0.1, 0.15) is 0 Å². The van der Waals surface area contributed by atoms with E-state index in [4.69, 9.17) is 7.85 Å². The van der Waals surface area contributed by atoms with Crippen LogP contribution in [-0.2, 0) is 0 Å². The van der Waals surface area contributed by atoms with Crippen LogP contribution in [0.5, 0.6) is 0 Å². The van der Waals surface area contributed by atoms with Crippen molar-refractivity contribution in [2.75, 3.05) is 6.56 Å². The molecule has 0 heterocycles. The molecule has 0 unspecified atom stereocenters. The van der Waals surface area contributed by atoms with Crippen molar-refractivity contribution in [3.63, 3.8) is 0 Å². The van der Waals surface area contributed by atoms with E-state index in [0.29, 0.717) is 6.42 Å². The molecule has 0 aliphatic rings. The first-order valence-corrected chi connectivity index (χ1v) is 2.20. The third-order valence-electron chi connectivity index (χ3n) is 0.833. The topological polar surface area (TPSA) is 20.2 Å². The van der Waals surface area contributed by atoms with Gasteiger partial charge in [-0.15, -0.1) is 0 Å². The van der Waals surface area contributed by atoms with Crippen molar-refractivity contribution < 1.29 is 7.85 Å². The zero-order valence-corrected chi connectivity index (χ0v) is 4.23. The van der Waals surface area contributed by atoms with E-state index in [1.807, 2.05) is 6.92 Å². The van der Waals surface area contributed by atoms with Gasteiger partial charge in [0.05, 0.1) is 2.74 Å². The van der Waals surface area contributed by atoms with E-state index in [0.717, 1.165) is 0 Å². The maximum Gasteiger partial charge on any atom is 0.0566 e. The lowest BCUT2D eigenvalue weighted by Crippen LogP contribution is -1.96. The summed E-state index contributed by atoms with van der Waals surface area (Å²) in [5.74, 6) is -0.262. The number of rotatable bonds is 2. The van der Waals surface area contributed by atoms with Gasteiger partial charge in [0.2, 0.25) is 0 Å². The highest BCUT2D eigenvalue weighted by Gasteiger charge is 1.90. The van der Waals surface area contributed by atoms with E-state index >= 15 is 0 Å². The maximum atomic E-state index is 8.62. The molecule has 0 aliphatic heterocycles.